The van der Waals surface area contributed by atoms with Gasteiger partial charge in [-0.3, -0.25) is 13.9 Å². The Hall–Kier alpha value is -3.27. The maximum absolute atomic E-state index is 13.5. The molecule has 0 aliphatic rings. The molecule has 0 saturated carbocycles. The molecule has 2 aromatic carbocycles. The van der Waals surface area contributed by atoms with Gasteiger partial charge in [-0.25, -0.2) is 8.42 Å². The molecule has 9 nitrogen and oxygen atoms in total. The summed E-state index contributed by atoms with van der Waals surface area (Å²) in [4.78, 5) is 28.0. The number of hydrogen-bond acceptors (Lipinski definition) is 6. The van der Waals surface area contributed by atoms with Gasteiger partial charge in [0, 0.05) is 26.1 Å². The highest BCUT2D eigenvalue weighted by Gasteiger charge is 2.28. The monoisotopic (exact) mass is 547 g/mol. The third-order valence-electron chi connectivity index (χ3n) is 6.04. The van der Waals surface area contributed by atoms with Gasteiger partial charge < -0.3 is 19.7 Å². The molecule has 0 radical (unpaired) electrons. The second kappa shape index (κ2) is 15.2. The van der Waals surface area contributed by atoms with E-state index in [0.717, 1.165) is 18.2 Å². The van der Waals surface area contributed by atoms with Crippen LogP contribution >= 0.6 is 0 Å². The maximum Gasteiger partial charge on any atom is 0.242 e. The van der Waals surface area contributed by atoms with Crippen LogP contribution in [0.25, 0.3) is 0 Å². The summed E-state index contributed by atoms with van der Waals surface area (Å²) in [5.74, 6) is 0.957. The summed E-state index contributed by atoms with van der Waals surface area (Å²) >= 11 is 0. The van der Waals surface area contributed by atoms with Crippen molar-refractivity contribution in [1.29, 1.82) is 0 Å². The zero-order valence-electron chi connectivity index (χ0n) is 23.1. The molecule has 10 heteroatoms. The lowest BCUT2D eigenvalue weighted by Gasteiger charge is -2.31. The normalized spacial score (nSPS) is 11.9. The second-order valence-corrected chi connectivity index (χ2v) is 10.9. The van der Waals surface area contributed by atoms with Gasteiger partial charge in [-0.15, -0.1) is 0 Å². The first-order valence-corrected chi connectivity index (χ1v) is 14.9. The van der Waals surface area contributed by atoms with Crippen molar-refractivity contribution in [2.45, 2.75) is 59.0 Å². The van der Waals surface area contributed by atoms with Gasteiger partial charge in [-0.05, 0) is 68.1 Å². The summed E-state index contributed by atoms with van der Waals surface area (Å²) in [6, 6.07) is 13.6. The Balaban J connectivity index is 2.19. The molecule has 2 aromatic rings. The molecule has 0 spiro atoms. The Labute approximate surface area is 227 Å². The van der Waals surface area contributed by atoms with Crippen LogP contribution in [-0.2, 0) is 26.2 Å². The molecule has 0 heterocycles. The van der Waals surface area contributed by atoms with Crippen molar-refractivity contribution in [3.8, 4) is 11.5 Å². The van der Waals surface area contributed by atoms with Crippen molar-refractivity contribution >= 4 is 27.5 Å². The number of nitrogens with zero attached hydrogens (tertiary/aromatic N) is 2. The van der Waals surface area contributed by atoms with Crippen LogP contribution in [0.3, 0.4) is 0 Å². The van der Waals surface area contributed by atoms with Gasteiger partial charge in [-0.2, -0.15) is 0 Å². The molecule has 0 aliphatic carbocycles. The third-order valence-corrected chi connectivity index (χ3v) is 7.23. The van der Waals surface area contributed by atoms with E-state index in [1.54, 1.807) is 36.3 Å². The van der Waals surface area contributed by atoms with Crippen molar-refractivity contribution in [3.05, 3.63) is 54.1 Å². The molecule has 0 unspecified atom stereocenters. The average molecular weight is 548 g/mol. The summed E-state index contributed by atoms with van der Waals surface area (Å²) in [5.41, 5.74) is 1.37. The maximum atomic E-state index is 13.5. The Morgan fingerprint density at radius 1 is 0.974 bits per heavy atom. The van der Waals surface area contributed by atoms with Gasteiger partial charge >= 0.3 is 0 Å². The highest BCUT2D eigenvalue weighted by molar-refractivity contribution is 7.92. The van der Waals surface area contributed by atoms with E-state index < -0.39 is 16.1 Å². The summed E-state index contributed by atoms with van der Waals surface area (Å²) in [7, 11) is -1.98. The topological polar surface area (TPSA) is 105 Å². The fraction of sp³-hybridized carbons (Fsp3) is 0.500. The molecular formula is C28H41N3O6S. The summed E-state index contributed by atoms with van der Waals surface area (Å²) in [5, 5.41) is 2.90. The van der Waals surface area contributed by atoms with E-state index in [0.29, 0.717) is 43.2 Å². The van der Waals surface area contributed by atoms with Crippen LogP contribution in [0.1, 0.15) is 52.0 Å². The Morgan fingerprint density at radius 3 is 2.13 bits per heavy atom. The van der Waals surface area contributed by atoms with Gasteiger partial charge in [-0.1, -0.05) is 26.0 Å². The number of rotatable bonds is 16. The van der Waals surface area contributed by atoms with Crippen LogP contribution in [0.2, 0.25) is 0 Å². The predicted octanol–water partition coefficient (Wildman–Crippen LogP) is 3.97. The summed E-state index contributed by atoms with van der Waals surface area (Å²) < 4.78 is 37.0. The predicted molar refractivity (Wildman–Crippen MR) is 150 cm³/mol. The first-order chi connectivity index (χ1) is 18.1. The van der Waals surface area contributed by atoms with Crippen LogP contribution in [0, 0.1) is 0 Å². The van der Waals surface area contributed by atoms with Crippen LogP contribution in [0.5, 0.6) is 11.5 Å². The standard InChI is InChI=1S/C28H41N3O6S/c1-6-19-29-28(33)26(7-2)30(21-22-11-15-24(36-4)16-12-22)27(32)10-9-20-31(38(5,34)35)23-13-17-25(18-14-23)37-8-3/h11-18,26H,6-10,19-21H2,1-5H3,(H,29,33)/t26-/m0/s1. The minimum Gasteiger partial charge on any atom is -0.497 e. The molecule has 2 amide bonds. The molecule has 1 atom stereocenters. The van der Waals surface area contributed by atoms with E-state index in [4.69, 9.17) is 9.47 Å². The van der Waals surface area contributed by atoms with E-state index in [9.17, 15) is 18.0 Å². The van der Waals surface area contributed by atoms with E-state index >= 15 is 0 Å². The zero-order valence-corrected chi connectivity index (χ0v) is 23.9. The Kier molecular flexibility index (Phi) is 12.4. The van der Waals surface area contributed by atoms with Crippen molar-refractivity contribution in [3.63, 3.8) is 0 Å². The molecule has 1 N–H and O–H groups in total. The Bertz CT molecular complexity index is 1120. The number of nitrogens with one attached hydrogen (secondary N) is 1. The van der Waals surface area contributed by atoms with Gasteiger partial charge in [0.1, 0.15) is 17.5 Å². The third kappa shape index (κ3) is 9.24. The first kappa shape index (κ1) is 31.0. The zero-order chi connectivity index (χ0) is 28.1. The SMILES string of the molecule is CCCNC(=O)[C@H](CC)N(Cc1ccc(OC)cc1)C(=O)CCCN(c1ccc(OCC)cc1)S(C)(=O)=O. The molecule has 0 saturated heterocycles. The molecule has 0 aliphatic heterocycles. The lowest BCUT2D eigenvalue weighted by molar-refractivity contribution is -0.141. The lowest BCUT2D eigenvalue weighted by atomic mass is 10.1. The van der Waals surface area contributed by atoms with Crippen molar-refractivity contribution in [2.24, 2.45) is 0 Å². The van der Waals surface area contributed by atoms with Crippen molar-refractivity contribution < 1.29 is 27.5 Å². The average Bonchev–Trinajstić information content (AvgIpc) is 2.90. The summed E-state index contributed by atoms with van der Waals surface area (Å²) in [6.07, 6.45) is 2.79. The van der Waals surface area contributed by atoms with Crippen LogP contribution < -0.4 is 19.1 Å². The number of sulfonamides is 1. The molecule has 0 fully saturated rings. The van der Waals surface area contributed by atoms with Crippen LogP contribution in [-0.4, -0.2) is 64.2 Å². The van der Waals surface area contributed by atoms with Crippen molar-refractivity contribution in [2.75, 3.05) is 37.4 Å². The smallest absolute Gasteiger partial charge is 0.242 e. The minimum absolute atomic E-state index is 0.0940. The number of benzene rings is 2. The van der Waals surface area contributed by atoms with E-state index in [1.165, 1.54) is 4.31 Å². The molecular weight excluding hydrogens is 506 g/mol. The highest BCUT2D eigenvalue weighted by Crippen LogP contribution is 2.23. The number of carbonyl (C=O) groups is 2. The van der Waals surface area contributed by atoms with Gasteiger partial charge in [0.05, 0.1) is 25.7 Å². The molecule has 2 rings (SSSR count). The van der Waals surface area contributed by atoms with E-state index in [2.05, 4.69) is 5.32 Å². The highest BCUT2D eigenvalue weighted by atomic mass is 32.2. The number of hydrogen-bond donors (Lipinski definition) is 1. The van der Waals surface area contributed by atoms with E-state index in [-0.39, 0.29) is 31.3 Å². The molecule has 210 valence electrons. The van der Waals surface area contributed by atoms with Crippen LogP contribution in [0.4, 0.5) is 5.69 Å². The fourth-order valence-corrected chi connectivity index (χ4v) is 5.06. The molecule has 0 aromatic heterocycles. The fourth-order valence-electron chi connectivity index (χ4n) is 4.09. The number of carbonyl (C=O) groups excluding carboxylic acids is 2. The number of methoxy groups -OCH3 is 1. The number of amides is 2. The number of ether oxygens (including phenoxy) is 2. The molecule has 38 heavy (non-hydrogen) atoms. The minimum atomic E-state index is -3.57. The van der Waals surface area contributed by atoms with Crippen molar-refractivity contribution in [1.82, 2.24) is 10.2 Å². The van der Waals surface area contributed by atoms with E-state index in [1.807, 2.05) is 45.0 Å². The quantitative estimate of drug-likeness (QED) is 0.341. The summed E-state index contributed by atoms with van der Waals surface area (Å²) in [6.45, 7) is 7.16. The second-order valence-electron chi connectivity index (χ2n) is 8.95. The lowest BCUT2D eigenvalue weighted by Crippen LogP contribution is -2.49. The largest absolute Gasteiger partial charge is 0.497 e. The molecule has 0 bridgehead atoms. The van der Waals surface area contributed by atoms with Gasteiger partial charge in [0.2, 0.25) is 21.8 Å². The first-order valence-electron chi connectivity index (χ1n) is 13.0. The van der Waals surface area contributed by atoms with Gasteiger partial charge in [0.25, 0.3) is 0 Å². The van der Waals surface area contributed by atoms with Crippen LogP contribution in [0.15, 0.2) is 48.5 Å². The van der Waals surface area contributed by atoms with Gasteiger partial charge in [0.15, 0.2) is 0 Å². The Morgan fingerprint density at radius 2 is 1.61 bits per heavy atom. The number of anilines is 1.